The molecule has 0 aliphatic heterocycles. The Labute approximate surface area is 127 Å². The number of hydrogen-bond donors (Lipinski definition) is 0. The van der Waals surface area contributed by atoms with Crippen LogP contribution in [0.5, 0.6) is 11.5 Å². The van der Waals surface area contributed by atoms with Crippen molar-refractivity contribution >= 4 is 23.2 Å². The van der Waals surface area contributed by atoms with E-state index in [2.05, 4.69) is 10.1 Å². The summed E-state index contributed by atoms with van der Waals surface area (Å²) in [4.78, 5) is 4.16. The Morgan fingerprint density at radius 2 is 2.15 bits per heavy atom. The van der Waals surface area contributed by atoms with Crippen molar-refractivity contribution in [3.63, 3.8) is 0 Å². The Balaban J connectivity index is 2.24. The Hall–Kier alpha value is -1.46. The van der Waals surface area contributed by atoms with E-state index in [9.17, 15) is 0 Å². The number of nitrogens with zero attached hydrogens (tertiary/aromatic N) is 3. The molecule has 0 amide bonds. The lowest BCUT2D eigenvalue weighted by molar-refractivity contribution is 0.267. The highest BCUT2D eigenvalue weighted by Crippen LogP contribution is 2.36. The molecule has 0 N–H and O–H groups in total. The van der Waals surface area contributed by atoms with Gasteiger partial charge in [-0.3, -0.25) is 0 Å². The number of halogens is 2. The summed E-state index contributed by atoms with van der Waals surface area (Å²) in [5.74, 6) is 2.16. The zero-order chi connectivity index (χ0) is 14.5. The molecule has 1 aromatic heterocycles. The van der Waals surface area contributed by atoms with Gasteiger partial charge in [0.1, 0.15) is 12.9 Å². The molecule has 2 rings (SSSR count). The van der Waals surface area contributed by atoms with Gasteiger partial charge >= 0.3 is 0 Å². The number of ether oxygens (including phenoxy) is 2. The zero-order valence-corrected chi connectivity index (χ0v) is 12.8. The van der Waals surface area contributed by atoms with Gasteiger partial charge in [-0.1, -0.05) is 11.6 Å². The molecular weight excluding hydrogens is 301 g/mol. The third kappa shape index (κ3) is 3.16. The summed E-state index contributed by atoms with van der Waals surface area (Å²) in [6, 6.07) is 3.45. The third-order valence-electron chi connectivity index (χ3n) is 2.80. The maximum Gasteiger partial charge on any atom is 0.166 e. The average molecular weight is 316 g/mol. The molecule has 7 heteroatoms. The number of methoxy groups -OCH3 is 1. The number of aryl methyl sites for hydroxylation is 1. The fourth-order valence-electron chi connectivity index (χ4n) is 1.84. The minimum atomic E-state index is 0.284. The van der Waals surface area contributed by atoms with Crippen molar-refractivity contribution < 1.29 is 9.47 Å². The third-order valence-corrected chi connectivity index (χ3v) is 3.31. The van der Waals surface area contributed by atoms with Crippen molar-refractivity contribution in [2.75, 3.05) is 7.11 Å². The molecule has 2 aromatic rings. The minimum absolute atomic E-state index is 0.284. The Kier molecular flexibility index (Phi) is 5.09. The van der Waals surface area contributed by atoms with E-state index in [-0.39, 0.29) is 12.5 Å². The lowest BCUT2D eigenvalue weighted by Gasteiger charge is -2.14. The van der Waals surface area contributed by atoms with Crippen LogP contribution in [0.2, 0.25) is 5.02 Å². The molecule has 5 nitrogen and oxygen atoms in total. The number of aromatic nitrogens is 3. The normalized spacial score (nSPS) is 10.6. The predicted octanol–water partition coefficient (Wildman–Crippen LogP) is 3.28. The smallest absolute Gasteiger partial charge is 0.166 e. The molecule has 0 bridgehead atoms. The first-order chi connectivity index (χ1) is 9.69. The van der Waals surface area contributed by atoms with Crippen LogP contribution >= 0.6 is 23.2 Å². The van der Waals surface area contributed by atoms with Crippen molar-refractivity contribution in [1.82, 2.24) is 14.8 Å². The zero-order valence-electron chi connectivity index (χ0n) is 11.3. The first-order valence-corrected chi connectivity index (χ1v) is 7.02. The second-order valence-corrected chi connectivity index (χ2v) is 4.71. The van der Waals surface area contributed by atoms with E-state index in [0.717, 1.165) is 17.9 Å². The van der Waals surface area contributed by atoms with Crippen LogP contribution in [0.1, 0.15) is 18.3 Å². The molecule has 0 aliphatic rings. The van der Waals surface area contributed by atoms with E-state index in [4.69, 9.17) is 32.7 Å². The highest BCUT2D eigenvalue weighted by atomic mass is 35.5. The Bertz CT molecular complexity index is 562. The molecule has 20 heavy (non-hydrogen) atoms. The summed E-state index contributed by atoms with van der Waals surface area (Å²) in [6.07, 6.45) is 1.50. The van der Waals surface area contributed by atoms with Gasteiger partial charge in [0, 0.05) is 23.2 Å². The predicted molar refractivity (Wildman–Crippen MR) is 77.6 cm³/mol. The van der Waals surface area contributed by atoms with E-state index in [1.165, 1.54) is 6.33 Å². The lowest BCUT2D eigenvalue weighted by Crippen LogP contribution is -2.08. The molecule has 0 atom stereocenters. The van der Waals surface area contributed by atoms with Crippen LogP contribution in [0.4, 0.5) is 0 Å². The van der Waals surface area contributed by atoms with Crippen LogP contribution in [0.15, 0.2) is 18.5 Å². The highest BCUT2D eigenvalue weighted by molar-refractivity contribution is 6.31. The van der Waals surface area contributed by atoms with Crippen LogP contribution in [0.3, 0.4) is 0 Å². The van der Waals surface area contributed by atoms with Gasteiger partial charge in [0.15, 0.2) is 17.3 Å². The molecular formula is C13H15Cl2N3O2. The fourth-order valence-corrected chi connectivity index (χ4v) is 2.27. The highest BCUT2D eigenvalue weighted by Gasteiger charge is 2.14. The monoisotopic (exact) mass is 315 g/mol. The second kappa shape index (κ2) is 6.81. The maximum atomic E-state index is 6.01. The summed E-state index contributed by atoms with van der Waals surface area (Å²) in [6.45, 7) is 3.01. The van der Waals surface area contributed by atoms with Gasteiger partial charge in [0.25, 0.3) is 0 Å². The largest absolute Gasteiger partial charge is 0.493 e. The fraction of sp³-hybridized carbons (Fsp3) is 0.385. The lowest BCUT2D eigenvalue weighted by atomic mass is 10.2. The van der Waals surface area contributed by atoms with Crippen LogP contribution in [-0.2, 0) is 19.0 Å². The standard InChI is InChI=1S/C13H15Cl2N3O2/c1-3-18-12(16-8-17-18)7-20-13-9(6-14)4-10(15)5-11(13)19-2/h4-5,8H,3,6-7H2,1-2H3. The van der Waals surface area contributed by atoms with Crippen LogP contribution < -0.4 is 9.47 Å². The number of hydrogen-bond acceptors (Lipinski definition) is 4. The number of rotatable bonds is 6. The molecule has 0 fully saturated rings. The average Bonchev–Trinajstić information content (AvgIpc) is 2.92. The first kappa shape index (κ1) is 14.9. The van der Waals surface area contributed by atoms with Gasteiger partial charge < -0.3 is 9.47 Å². The summed E-state index contributed by atoms with van der Waals surface area (Å²) >= 11 is 11.9. The molecule has 0 saturated carbocycles. The summed E-state index contributed by atoms with van der Waals surface area (Å²) in [5.41, 5.74) is 0.776. The second-order valence-electron chi connectivity index (χ2n) is 4.01. The Morgan fingerprint density at radius 1 is 1.35 bits per heavy atom. The molecule has 1 heterocycles. The first-order valence-electron chi connectivity index (χ1n) is 6.11. The van der Waals surface area contributed by atoms with Crippen molar-refractivity contribution in [2.45, 2.75) is 26.0 Å². The van der Waals surface area contributed by atoms with Crippen molar-refractivity contribution in [3.05, 3.63) is 34.9 Å². The van der Waals surface area contributed by atoms with Crippen molar-refractivity contribution in [1.29, 1.82) is 0 Å². The van der Waals surface area contributed by atoms with Gasteiger partial charge in [0.2, 0.25) is 0 Å². The SMILES string of the molecule is CCn1ncnc1COc1c(CCl)cc(Cl)cc1OC. The van der Waals surface area contributed by atoms with E-state index >= 15 is 0 Å². The molecule has 0 unspecified atom stereocenters. The molecule has 1 aromatic carbocycles. The number of alkyl halides is 1. The maximum absolute atomic E-state index is 6.01. The van der Waals surface area contributed by atoms with Gasteiger partial charge in [-0.2, -0.15) is 5.10 Å². The van der Waals surface area contributed by atoms with Crippen molar-refractivity contribution in [2.24, 2.45) is 0 Å². The Morgan fingerprint density at radius 3 is 2.80 bits per heavy atom. The van der Waals surface area contributed by atoms with Crippen LogP contribution in [0, 0.1) is 0 Å². The topological polar surface area (TPSA) is 49.2 Å². The summed E-state index contributed by atoms with van der Waals surface area (Å²) < 4.78 is 12.9. The van der Waals surface area contributed by atoms with Crippen LogP contribution in [-0.4, -0.2) is 21.9 Å². The quantitative estimate of drug-likeness (QED) is 0.768. The molecule has 0 spiro atoms. The van der Waals surface area contributed by atoms with E-state index in [0.29, 0.717) is 16.5 Å². The van der Waals surface area contributed by atoms with E-state index in [1.807, 2.05) is 6.92 Å². The van der Waals surface area contributed by atoms with Crippen molar-refractivity contribution in [3.8, 4) is 11.5 Å². The van der Waals surface area contributed by atoms with Gasteiger partial charge in [-0.15, -0.1) is 11.6 Å². The number of benzene rings is 1. The van der Waals surface area contributed by atoms with E-state index < -0.39 is 0 Å². The van der Waals surface area contributed by atoms with E-state index in [1.54, 1.807) is 23.9 Å². The van der Waals surface area contributed by atoms with Gasteiger partial charge in [-0.25, -0.2) is 9.67 Å². The summed E-state index contributed by atoms with van der Waals surface area (Å²) in [7, 11) is 1.56. The molecule has 108 valence electrons. The minimum Gasteiger partial charge on any atom is -0.493 e. The molecule has 0 radical (unpaired) electrons. The molecule has 0 saturated heterocycles. The molecule has 0 aliphatic carbocycles. The van der Waals surface area contributed by atoms with Gasteiger partial charge in [-0.05, 0) is 13.0 Å². The van der Waals surface area contributed by atoms with Crippen LogP contribution in [0.25, 0.3) is 0 Å². The van der Waals surface area contributed by atoms with Gasteiger partial charge in [0.05, 0.1) is 13.0 Å². The summed E-state index contributed by atoms with van der Waals surface area (Å²) in [5, 5.41) is 4.65.